The van der Waals surface area contributed by atoms with E-state index in [9.17, 15) is 13.2 Å². The minimum atomic E-state index is -3.47. The van der Waals surface area contributed by atoms with Crippen molar-refractivity contribution in [1.29, 1.82) is 0 Å². The first kappa shape index (κ1) is 19.4. The molecule has 0 amide bonds. The molecule has 1 atom stereocenters. The summed E-state index contributed by atoms with van der Waals surface area (Å²) >= 11 is 0. The van der Waals surface area contributed by atoms with Crippen molar-refractivity contribution in [2.24, 2.45) is 0 Å². The summed E-state index contributed by atoms with van der Waals surface area (Å²) in [5, 5.41) is 9.16. The lowest BCUT2D eigenvalue weighted by molar-refractivity contribution is 0.0697. The van der Waals surface area contributed by atoms with E-state index in [1.54, 1.807) is 30.6 Å². The highest BCUT2D eigenvalue weighted by molar-refractivity contribution is 7.86. The van der Waals surface area contributed by atoms with Gasteiger partial charge in [-0.25, -0.2) is 9.78 Å². The highest BCUT2D eigenvalue weighted by Crippen LogP contribution is 2.29. The van der Waals surface area contributed by atoms with Gasteiger partial charge in [-0.15, -0.1) is 0 Å². The van der Waals surface area contributed by atoms with Gasteiger partial charge < -0.3 is 5.11 Å². The fourth-order valence-electron chi connectivity index (χ4n) is 3.15. The molecule has 1 aliphatic heterocycles. The Morgan fingerprint density at radius 1 is 1.30 bits per heavy atom. The van der Waals surface area contributed by atoms with Gasteiger partial charge in [0.15, 0.2) is 0 Å². The van der Waals surface area contributed by atoms with Gasteiger partial charge in [-0.05, 0) is 25.0 Å². The first-order valence-corrected chi connectivity index (χ1v) is 10.0. The third-order valence-electron chi connectivity index (χ3n) is 4.65. The molecule has 1 fully saturated rings. The predicted octanol–water partition coefficient (Wildman–Crippen LogP) is 1.83. The average molecular weight is 390 g/mol. The predicted molar refractivity (Wildman–Crippen MR) is 101 cm³/mol. The van der Waals surface area contributed by atoms with Crippen LogP contribution in [0, 0.1) is 0 Å². The van der Waals surface area contributed by atoms with Gasteiger partial charge in [0.1, 0.15) is 0 Å². The van der Waals surface area contributed by atoms with Gasteiger partial charge in [0, 0.05) is 44.9 Å². The average Bonchev–Trinajstić information content (AvgIpc) is 2.68. The Morgan fingerprint density at radius 3 is 2.78 bits per heavy atom. The van der Waals surface area contributed by atoms with Crippen LogP contribution in [0.25, 0.3) is 11.3 Å². The number of nitrogens with zero attached hydrogens (tertiary/aromatic N) is 4. The smallest absolute Gasteiger partial charge is 0.335 e. The number of carboxylic acid groups (broad SMARTS) is 1. The zero-order valence-electron chi connectivity index (χ0n) is 15.2. The Labute approximate surface area is 158 Å². The minimum absolute atomic E-state index is 0.0522. The van der Waals surface area contributed by atoms with Crippen molar-refractivity contribution in [3.63, 3.8) is 0 Å². The summed E-state index contributed by atoms with van der Waals surface area (Å²) in [7, 11) is -0.420. The van der Waals surface area contributed by atoms with E-state index < -0.39 is 16.2 Å². The monoisotopic (exact) mass is 390 g/mol. The molecule has 1 aromatic carbocycles. The molecule has 0 bridgehead atoms. The molecule has 2 aromatic rings. The fraction of sp³-hybridized carbons (Fsp3) is 0.389. The number of aromatic nitrogens is 2. The van der Waals surface area contributed by atoms with Crippen LogP contribution in [-0.2, 0) is 10.2 Å². The standard InChI is InChI=1S/C18H22N4O4S/c1-21(2)27(25,26)22-8-4-7-15(12-22)17-11-19-10-16(20-17)13-5-3-6-14(9-13)18(23)24/h3,5-6,9-11,15H,4,7-8,12H2,1-2H3,(H,23,24)/t15-/m1/s1. The molecule has 0 aliphatic carbocycles. The lowest BCUT2D eigenvalue weighted by atomic mass is 9.96. The van der Waals surface area contributed by atoms with Gasteiger partial charge in [-0.3, -0.25) is 4.98 Å². The van der Waals surface area contributed by atoms with Gasteiger partial charge in [-0.2, -0.15) is 17.0 Å². The van der Waals surface area contributed by atoms with Crippen molar-refractivity contribution in [1.82, 2.24) is 18.6 Å². The van der Waals surface area contributed by atoms with Gasteiger partial charge in [0.2, 0.25) is 0 Å². The number of aromatic carboxylic acids is 1. The SMILES string of the molecule is CN(C)S(=O)(=O)N1CCC[C@@H](c2cncc(-c3cccc(C(=O)O)c3)n2)C1. The van der Waals surface area contributed by atoms with Crippen LogP contribution in [0.3, 0.4) is 0 Å². The van der Waals surface area contributed by atoms with E-state index in [0.29, 0.717) is 30.0 Å². The second kappa shape index (κ2) is 7.71. The number of hydrogen-bond donors (Lipinski definition) is 1. The highest BCUT2D eigenvalue weighted by Gasteiger charge is 2.31. The van der Waals surface area contributed by atoms with Crippen molar-refractivity contribution >= 4 is 16.2 Å². The third kappa shape index (κ3) is 4.15. The number of carboxylic acids is 1. The van der Waals surface area contributed by atoms with E-state index in [-0.39, 0.29) is 11.5 Å². The molecule has 27 heavy (non-hydrogen) atoms. The maximum atomic E-state index is 12.4. The Hall–Kier alpha value is -2.36. The minimum Gasteiger partial charge on any atom is -0.478 e. The number of hydrogen-bond acceptors (Lipinski definition) is 5. The van der Waals surface area contributed by atoms with Crippen LogP contribution in [0.2, 0.25) is 0 Å². The molecule has 3 rings (SSSR count). The van der Waals surface area contributed by atoms with E-state index in [1.165, 1.54) is 28.8 Å². The van der Waals surface area contributed by atoms with Crippen molar-refractivity contribution in [2.75, 3.05) is 27.2 Å². The number of benzene rings is 1. The molecule has 1 aromatic heterocycles. The van der Waals surface area contributed by atoms with Crippen molar-refractivity contribution in [2.45, 2.75) is 18.8 Å². The maximum Gasteiger partial charge on any atom is 0.335 e. The molecule has 1 N–H and O–H groups in total. The molecule has 0 spiro atoms. The van der Waals surface area contributed by atoms with Crippen LogP contribution in [0.4, 0.5) is 0 Å². The Morgan fingerprint density at radius 2 is 2.07 bits per heavy atom. The first-order chi connectivity index (χ1) is 12.8. The Balaban J connectivity index is 1.87. The van der Waals surface area contributed by atoms with E-state index in [1.807, 2.05) is 0 Å². The lowest BCUT2D eigenvalue weighted by Crippen LogP contribution is -2.45. The van der Waals surface area contributed by atoms with Gasteiger partial charge in [0.25, 0.3) is 10.2 Å². The Kier molecular flexibility index (Phi) is 5.54. The van der Waals surface area contributed by atoms with Crippen LogP contribution in [0.5, 0.6) is 0 Å². The third-order valence-corrected chi connectivity index (χ3v) is 6.56. The van der Waals surface area contributed by atoms with Gasteiger partial charge in [-0.1, -0.05) is 12.1 Å². The second-order valence-electron chi connectivity index (χ2n) is 6.70. The molecule has 144 valence electrons. The zero-order valence-corrected chi connectivity index (χ0v) is 16.1. The maximum absolute atomic E-state index is 12.4. The van der Waals surface area contributed by atoms with Crippen molar-refractivity contribution in [3.8, 4) is 11.3 Å². The summed E-state index contributed by atoms with van der Waals surface area (Å²) < 4.78 is 27.5. The molecule has 8 nitrogen and oxygen atoms in total. The van der Waals surface area contributed by atoms with E-state index in [4.69, 9.17) is 5.11 Å². The highest BCUT2D eigenvalue weighted by atomic mass is 32.2. The van der Waals surface area contributed by atoms with Crippen molar-refractivity contribution in [3.05, 3.63) is 47.9 Å². The van der Waals surface area contributed by atoms with Crippen LogP contribution in [0.15, 0.2) is 36.7 Å². The molecule has 0 saturated carbocycles. The second-order valence-corrected chi connectivity index (χ2v) is 8.84. The number of carbonyl (C=O) groups is 1. The summed E-state index contributed by atoms with van der Waals surface area (Å²) in [6.45, 7) is 0.846. The Bertz CT molecular complexity index is 946. The largest absolute Gasteiger partial charge is 0.478 e. The summed E-state index contributed by atoms with van der Waals surface area (Å²) in [4.78, 5) is 20.1. The molecule has 1 saturated heterocycles. The van der Waals surface area contributed by atoms with Crippen LogP contribution in [0.1, 0.15) is 34.8 Å². The lowest BCUT2D eigenvalue weighted by Gasteiger charge is -2.33. The molecule has 0 radical (unpaired) electrons. The van der Waals surface area contributed by atoms with Crippen molar-refractivity contribution < 1.29 is 18.3 Å². The summed E-state index contributed by atoms with van der Waals surface area (Å²) in [5.41, 5.74) is 2.13. The number of piperidine rings is 1. The molecule has 2 heterocycles. The van der Waals surface area contributed by atoms with Crippen LogP contribution >= 0.6 is 0 Å². The van der Waals surface area contributed by atoms with Crippen LogP contribution in [-0.4, -0.2) is 65.3 Å². The summed E-state index contributed by atoms with van der Waals surface area (Å²) in [5.74, 6) is -1.05. The van der Waals surface area contributed by atoms with E-state index >= 15 is 0 Å². The number of rotatable bonds is 5. The molecule has 9 heteroatoms. The fourth-order valence-corrected chi connectivity index (χ4v) is 4.34. The summed E-state index contributed by atoms with van der Waals surface area (Å²) in [6.07, 6.45) is 4.81. The van der Waals surface area contributed by atoms with Gasteiger partial charge >= 0.3 is 5.97 Å². The van der Waals surface area contributed by atoms with Crippen LogP contribution < -0.4 is 0 Å². The quantitative estimate of drug-likeness (QED) is 0.835. The van der Waals surface area contributed by atoms with Gasteiger partial charge in [0.05, 0.1) is 23.1 Å². The topological polar surface area (TPSA) is 104 Å². The molecule has 1 aliphatic rings. The molecular weight excluding hydrogens is 368 g/mol. The van der Waals surface area contributed by atoms with E-state index in [0.717, 1.165) is 12.8 Å². The summed E-state index contributed by atoms with van der Waals surface area (Å²) in [6, 6.07) is 6.52. The first-order valence-electron chi connectivity index (χ1n) is 8.62. The molecule has 0 unspecified atom stereocenters. The van der Waals surface area contributed by atoms with E-state index in [2.05, 4.69) is 9.97 Å². The molecular formula is C18H22N4O4S. The zero-order chi connectivity index (χ0) is 19.6. The normalized spacial score (nSPS) is 18.6.